The van der Waals surface area contributed by atoms with Crippen molar-refractivity contribution in [2.45, 2.75) is 31.7 Å². The molecule has 0 saturated heterocycles. The van der Waals surface area contributed by atoms with Crippen LogP contribution in [0.25, 0.3) is 0 Å². The lowest BCUT2D eigenvalue weighted by atomic mass is 10.2. The Morgan fingerprint density at radius 1 is 1.41 bits per heavy atom. The molecule has 6 heteroatoms. The summed E-state index contributed by atoms with van der Waals surface area (Å²) in [5, 5.41) is 11.7. The minimum atomic E-state index is -0.00190. The lowest BCUT2D eigenvalue weighted by Gasteiger charge is -2.26. The molecule has 92 valence electrons. The van der Waals surface area contributed by atoms with Crippen molar-refractivity contribution in [3.63, 3.8) is 0 Å². The van der Waals surface area contributed by atoms with Gasteiger partial charge in [-0.2, -0.15) is 0 Å². The smallest absolute Gasteiger partial charge is 0.192 e. The summed E-state index contributed by atoms with van der Waals surface area (Å²) in [7, 11) is 1.98. The van der Waals surface area contributed by atoms with Crippen molar-refractivity contribution >= 4 is 11.7 Å². The third-order valence-corrected chi connectivity index (χ3v) is 3.24. The van der Waals surface area contributed by atoms with Gasteiger partial charge in [-0.1, -0.05) is 18.0 Å². The fourth-order valence-corrected chi connectivity index (χ4v) is 2.28. The second-order valence-corrected chi connectivity index (χ2v) is 4.26. The summed E-state index contributed by atoms with van der Waals surface area (Å²) >= 11 is 0. The lowest BCUT2D eigenvalue weighted by Crippen LogP contribution is -2.32. The van der Waals surface area contributed by atoms with Gasteiger partial charge in [0.05, 0.1) is 0 Å². The van der Waals surface area contributed by atoms with Crippen molar-refractivity contribution in [3.8, 4) is 0 Å². The van der Waals surface area contributed by atoms with Gasteiger partial charge in [-0.15, -0.1) is 0 Å². The molecule has 0 radical (unpaired) electrons. The highest BCUT2D eigenvalue weighted by Crippen LogP contribution is 2.26. The van der Waals surface area contributed by atoms with Crippen LogP contribution in [0.2, 0.25) is 0 Å². The van der Waals surface area contributed by atoms with E-state index >= 15 is 0 Å². The normalized spacial score (nSPS) is 17.4. The maximum Gasteiger partial charge on any atom is 0.192 e. The number of rotatable bonds is 3. The lowest BCUT2D eigenvalue weighted by molar-refractivity contribution is 0.318. The van der Waals surface area contributed by atoms with Gasteiger partial charge in [0, 0.05) is 25.5 Å². The van der Waals surface area contributed by atoms with E-state index in [0.717, 1.165) is 12.8 Å². The van der Waals surface area contributed by atoms with Gasteiger partial charge in [0.1, 0.15) is 0 Å². The van der Waals surface area contributed by atoms with Crippen molar-refractivity contribution < 1.29 is 5.21 Å². The van der Waals surface area contributed by atoms with E-state index < -0.39 is 0 Å². The maximum atomic E-state index is 8.74. The molecule has 0 amide bonds. The third kappa shape index (κ3) is 2.30. The Kier molecular flexibility index (Phi) is 3.41. The minimum absolute atomic E-state index is 0.00190. The molecule has 1 aromatic rings. The van der Waals surface area contributed by atoms with Crippen molar-refractivity contribution in [1.82, 2.24) is 9.97 Å². The molecule has 0 bridgehead atoms. The molecule has 0 spiro atoms. The van der Waals surface area contributed by atoms with E-state index in [2.05, 4.69) is 20.0 Å². The summed E-state index contributed by atoms with van der Waals surface area (Å²) in [6.07, 6.45) is 7.96. The molecule has 0 aromatic carbocycles. The Hall–Kier alpha value is -1.85. The monoisotopic (exact) mass is 235 g/mol. The zero-order valence-electron chi connectivity index (χ0n) is 9.87. The number of oxime groups is 1. The number of anilines is 1. The molecule has 1 aliphatic rings. The number of hydrogen-bond acceptors (Lipinski definition) is 5. The largest absolute Gasteiger partial charge is 0.409 e. The topological polar surface area (TPSA) is 87.6 Å². The van der Waals surface area contributed by atoms with Gasteiger partial charge in [0.25, 0.3) is 0 Å². The minimum Gasteiger partial charge on any atom is -0.409 e. The van der Waals surface area contributed by atoms with E-state index in [1.807, 2.05) is 7.05 Å². The SMILES string of the molecule is CN(c1nccnc1C(N)=NO)C1CCCC1. The van der Waals surface area contributed by atoms with Crippen LogP contribution in [-0.2, 0) is 0 Å². The first-order valence-electron chi connectivity index (χ1n) is 5.75. The molecule has 6 nitrogen and oxygen atoms in total. The van der Waals surface area contributed by atoms with Crippen LogP contribution in [0, 0.1) is 0 Å². The second kappa shape index (κ2) is 4.99. The molecule has 2 rings (SSSR count). The van der Waals surface area contributed by atoms with E-state index in [1.54, 1.807) is 12.4 Å². The van der Waals surface area contributed by atoms with Gasteiger partial charge in [-0.25, -0.2) is 9.97 Å². The molecule has 17 heavy (non-hydrogen) atoms. The number of nitrogens with two attached hydrogens (primary N) is 1. The summed E-state index contributed by atoms with van der Waals surface area (Å²) in [6.45, 7) is 0. The van der Waals surface area contributed by atoms with Gasteiger partial charge < -0.3 is 15.8 Å². The predicted octanol–water partition coefficient (Wildman–Crippen LogP) is 0.950. The van der Waals surface area contributed by atoms with Gasteiger partial charge >= 0.3 is 0 Å². The Morgan fingerprint density at radius 3 is 2.71 bits per heavy atom. The first-order chi connectivity index (χ1) is 8.24. The summed E-state index contributed by atoms with van der Waals surface area (Å²) in [4.78, 5) is 10.5. The Labute approximate surface area is 100 Å². The Bertz CT molecular complexity index is 414. The maximum absolute atomic E-state index is 8.74. The number of amidine groups is 1. The van der Waals surface area contributed by atoms with Crippen LogP contribution in [0.4, 0.5) is 5.82 Å². The van der Waals surface area contributed by atoms with Crippen LogP contribution in [0.5, 0.6) is 0 Å². The molecule has 1 aliphatic carbocycles. The van der Waals surface area contributed by atoms with Gasteiger partial charge in [0.2, 0.25) is 0 Å². The zero-order chi connectivity index (χ0) is 12.3. The molecular formula is C11H17N5O. The fourth-order valence-electron chi connectivity index (χ4n) is 2.28. The van der Waals surface area contributed by atoms with Crippen LogP contribution >= 0.6 is 0 Å². The van der Waals surface area contributed by atoms with E-state index in [-0.39, 0.29) is 5.84 Å². The van der Waals surface area contributed by atoms with Crippen LogP contribution in [0.3, 0.4) is 0 Å². The molecule has 1 saturated carbocycles. The molecular weight excluding hydrogens is 218 g/mol. The van der Waals surface area contributed by atoms with Gasteiger partial charge in [0.15, 0.2) is 17.3 Å². The molecule has 1 fully saturated rings. The van der Waals surface area contributed by atoms with Gasteiger partial charge in [-0.05, 0) is 12.8 Å². The quantitative estimate of drug-likeness (QED) is 0.352. The average Bonchev–Trinajstić information content (AvgIpc) is 2.91. The van der Waals surface area contributed by atoms with Gasteiger partial charge in [-0.3, -0.25) is 0 Å². The first kappa shape index (κ1) is 11.6. The molecule has 1 heterocycles. The Morgan fingerprint density at radius 2 is 2.06 bits per heavy atom. The Balaban J connectivity index is 2.30. The third-order valence-electron chi connectivity index (χ3n) is 3.24. The van der Waals surface area contributed by atoms with E-state index in [4.69, 9.17) is 10.9 Å². The van der Waals surface area contributed by atoms with Crippen LogP contribution in [-0.4, -0.2) is 34.1 Å². The summed E-state index contributed by atoms with van der Waals surface area (Å²) < 4.78 is 0. The van der Waals surface area contributed by atoms with Crippen LogP contribution < -0.4 is 10.6 Å². The first-order valence-corrected chi connectivity index (χ1v) is 5.75. The highest BCUT2D eigenvalue weighted by molar-refractivity contribution is 5.99. The van der Waals surface area contributed by atoms with Crippen LogP contribution in [0.1, 0.15) is 31.4 Å². The molecule has 0 unspecified atom stereocenters. The number of hydrogen-bond donors (Lipinski definition) is 2. The highest BCUT2D eigenvalue weighted by Gasteiger charge is 2.23. The van der Waals surface area contributed by atoms with Crippen molar-refractivity contribution in [3.05, 3.63) is 18.1 Å². The van der Waals surface area contributed by atoms with Crippen molar-refractivity contribution in [2.24, 2.45) is 10.9 Å². The van der Waals surface area contributed by atoms with Crippen molar-refractivity contribution in [1.29, 1.82) is 0 Å². The molecule has 1 aromatic heterocycles. The molecule has 0 atom stereocenters. The summed E-state index contributed by atoms with van der Waals surface area (Å²) in [5.41, 5.74) is 6.04. The van der Waals surface area contributed by atoms with E-state index in [9.17, 15) is 0 Å². The van der Waals surface area contributed by atoms with Crippen LogP contribution in [0.15, 0.2) is 17.5 Å². The second-order valence-electron chi connectivity index (χ2n) is 4.26. The number of nitrogens with zero attached hydrogens (tertiary/aromatic N) is 4. The number of aromatic nitrogens is 2. The van der Waals surface area contributed by atoms with E-state index in [1.165, 1.54) is 12.8 Å². The molecule has 0 aliphatic heterocycles. The van der Waals surface area contributed by atoms with E-state index in [0.29, 0.717) is 17.6 Å². The van der Waals surface area contributed by atoms with Crippen molar-refractivity contribution in [2.75, 3.05) is 11.9 Å². The predicted molar refractivity (Wildman–Crippen MR) is 65.2 cm³/mol. The standard InChI is InChI=1S/C11H17N5O/c1-16(8-4-2-3-5-8)11-9(10(12)15-17)13-6-7-14-11/h6-8,17H,2-5H2,1H3,(H2,12,15). The molecule has 3 N–H and O–H groups in total. The summed E-state index contributed by atoms with van der Waals surface area (Å²) in [6, 6.07) is 0.469. The zero-order valence-corrected chi connectivity index (χ0v) is 9.87. The summed E-state index contributed by atoms with van der Waals surface area (Å²) in [5.74, 6) is 0.674. The fraction of sp³-hybridized carbons (Fsp3) is 0.545. The highest BCUT2D eigenvalue weighted by atomic mass is 16.4. The average molecular weight is 235 g/mol.